The second-order valence-electron chi connectivity index (χ2n) is 5.48. The number of rotatable bonds is 1. The molecule has 1 aromatic rings. The molecule has 0 radical (unpaired) electrons. The Morgan fingerprint density at radius 2 is 1.90 bits per heavy atom. The van der Waals surface area contributed by atoms with Crippen LogP contribution in [0.2, 0.25) is 0 Å². The lowest BCUT2D eigenvalue weighted by Crippen LogP contribution is -2.35. The zero-order chi connectivity index (χ0) is 14.2. The van der Waals surface area contributed by atoms with E-state index in [1.165, 1.54) is 12.8 Å². The highest BCUT2D eigenvalue weighted by molar-refractivity contribution is 14.1. The molecule has 0 saturated heterocycles. The Labute approximate surface area is 131 Å². The maximum Gasteiger partial charge on any atom is 0.293 e. The van der Waals surface area contributed by atoms with Gasteiger partial charge in [-0.05, 0) is 72.6 Å². The van der Waals surface area contributed by atoms with Gasteiger partial charge in [0.05, 0.1) is 14.1 Å². The van der Waals surface area contributed by atoms with Crippen LogP contribution in [0.5, 0.6) is 5.75 Å². The Kier molecular flexibility index (Phi) is 3.70. The first kappa shape index (κ1) is 13.9. The van der Waals surface area contributed by atoms with E-state index in [4.69, 9.17) is 4.74 Å². The molecule has 1 spiro atoms. The van der Waals surface area contributed by atoms with E-state index in [0.29, 0.717) is 14.9 Å². The molecule has 0 bridgehead atoms. The lowest BCUT2D eigenvalue weighted by Gasteiger charge is -2.34. The van der Waals surface area contributed by atoms with Gasteiger partial charge in [0.25, 0.3) is 5.69 Å². The lowest BCUT2D eigenvalue weighted by atomic mass is 9.90. The second kappa shape index (κ2) is 5.35. The van der Waals surface area contributed by atoms with Crippen molar-refractivity contribution in [3.8, 4) is 5.75 Å². The van der Waals surface area contributed by atoms with Crippen molar-refractivity contribution < 1.29 is 9.66 Å². The number of nitro benzene ring substituents is 1. The maximum absolute atomic E-state index is 11.2. The van der Waals surface area contributed by atoms with E-state index >= 15 is 0 Å². The number of benzene rings is 1. The molecule has 0 aromatic heterocycles. The van der Waals surface area contributed by atoms with E-state index in [2.05, 4.69) is 0 Å². The van der Waals surface area contributed by atoms with Crippen molar-refractivity contribution in [3.05, 3.63) is 37.5 Å². The summed E-state index contributed by atoms with van der Waals surface area (Å²) in [6, 6.07) is 3.63. The van der Waals surface area contributed by atoms with Crippen molar-refractivity contribution in [3.63, 3.8) is 0 Å². The zero-order valence-corrected chi connectivity index (χ0v) is 13.3. The molecule has 0 unspecified atom stereocenters. The van der Waals surface area contributed by atoms with Gasteiger partial charge in [0, 0.05) is 0 Å². The summed E-state index contributed by atoms with van der Waals surface area (Å²) >= 11 is 2.00. The van der Waals surface area contributed by atoms with Gasteiger partial charge < -0.3 is 4.74 Å². The summed E-state index contributed by atoms with van der Waals surface area (Å²) in [5.41, 5.74) is 0.518. The monoisotopic (exact) mass is 385 g/mol. The zero-order valence-electron chi connectivity index (χ0n) is 11.1. The number of fused-ring (bicyclic) bond motifs is 1. The molecule has 1 saturated carbocycles. The second-order valence-corrected chi connectivity index (χ2v) is 6.64. The van der Waals surface area contributed by atoms with Crippen LogP contribution in [0.4, 0.5) is 5.69 Å². The predicted octanol–water partition coefficient (Wildman–Crippen LogP) is 4.70. The van der Waals surface area contributed by atoms with Crippen LogP contribution in [0, 0.1) is 13.7 Å². The predicted molar refractivity (Wildman–Crippen MR) is 85.9 cm³/mol. The smallest absolute Gasteiger partial charge is 0.293 e. The molecule has 1 fully saturated rings. The largest absolute Gasteiger partial charge is 0.482 e. The van der Waals surface area contributed by atoms with Gasteiger partial charge >= 0.3 is 0 Å². The third kappa shape index (κ3) is 2.43. The highest BCUT2D eigenvalue weighted by Crippen LogP contribution is 2.43. The third-order valence-electron chi connectivity index (χ3n) is 4.13. The topological polar surface area (TPSA) is 52.4 Å². The summed E-state index contributed by atoms with van der Waals surface area (Å²) in [5.74, 6) is 0.654. The van der Waals surface area contributed by atoms with Crippen molar-refractivity contribution in [2.45, 2.75) is 44.1 Å². The number of ether oxygens (including phenoxy) is 1. The molecule has 20 heavy (non-hydrogen) atoms. The van der Waals surface area contributed by atoms with E-state index in [9.17, 15) is 10.1 Å². The van der Waals surface area contributed by atoms with E-state index in [1.807, 2.05) is 40.8 Å². The number of nitrogens with zero attached hydrogens (tertiary/aromatic N) is 1. The van der Waals surface area contributed by atoms with Gasteiger partial charge in [-0.2, -0.15) is 0 Å². The van der Waals surface area contributed by atoms with Gasteiger partial charge in [0.1, 0.15) is 11.4 Å². The Bertz CT molecular complexity index is 575. The van der Waals surface area contributed by atoms with Crippen LogP contribution in [-0.4, -0.2) is 10.5 Å². The fraction of sp³-hybridized carbons (Fsp3) is 0.467. The van der Waals surface area contributed by atoms with Crippen molar-refractivity contribution in [2.24, 2.45) is 0 Å². The fourth-order valence-electron chi connectivity index (χ4n) is 3.08. The first-order valence-electron chi connectivity index (χ1n) is 6.96. The first-order chi connectivity index (χ1) is 9.61. The highest BCUT2D eigenvalue weighted by Gasteiger charge is 2.35. The minimum absolute atomic E-state index is 0.155. The molecule has 4 nitrogen and oxygen atoms in total. The number of hydrogen-bond donors (Lipinski definition) is 0. The molecule has 1 aromatic carbocycles. The summed E-state index contributed by atoms with van der Waals surface area (Å²) < 4.78 is 6.84. The molecule has 0 amide bonds. The third-order valence-corrected chi connectivity index (χ3v) is 5.00. The number of nitro groups is 1. The van der Waals surface area contributed by atoms with Crippen LogP contribution in [-0.2, 0) is 0 Å². The highest BCUT2D eigenvalue weighted by atomic mass is 127. The van der Waals surface area contributed by atoms with Crippen LogP contribution in [0.25, 0.3) is 6.08 Å². The fourth-order valence-corrected chi connectivity index (χ4v) is 3.75. The minimum Gasteiger partial charge on any atom is -0.482 e. The molecule has 0 atom stereocenters. The standard InChI is InChI=1S/C15H16INO3/c16-12-5-6-13-11(14(12)17(18)19)7-10-15(20-13)8-3-1-2-4-9-15/h5-7,10H,1-4,8-9H2. The summed E-state index contributed by atoms with van der Waals surface area (Å²) in [4.78, 5) is 10.9. The summed E-state index contributed by atoms with van der Waals surface area (Å²) in [6.45, 7) is 0. The quantitative estimate of drug-likeness (QED) is 0.400. The SMILES string of the molecule is O=[N+]([O-])c1c(I)ccc2c1C=CC1(CCCCCC1)O2. The van der Waals surface area contributed by atoms with Crippen LogP contribution in [0.15, 0.2) is 18.2 Å². The van der Waals surface area contributed by atoms with Gasteiger partial charge in [-0.25, -0.2) is 0 Å². The van der Waals surface area contributed by atoms with Gasteiger partial charge in [0.2, 0.25) is 0 Å². The molecular formula is C15H16INO3. The molecule has 5 heteroatoms. The van der Waals surface area contributed by atoms with Gasteiger partial charge in [0.15, 0.2) is 0 Å². The van der Waals surface area contributed by atoms with Crippen molar-refractivity contribution in [1.82, 2.24) is 0 Å². The average molecular weight is 385 g/mol. The first-order valence-corrected chi connectivity index (χ1v) is 8.04. The minimum atomic E-state index is -0.320. The van der Waals surface area contributed by atoms with E-state index in [1.54, 1.807) is 6.07 Å². The van der Waals surface area contributed by atoms with Crippen LogP contribution in [0.3, 0.4) is 0 Å². The molecule has 1 aliphatic carbocycles. The average Bonchev–Trinajstić information content (AvgIpc) is 2.64. The van der Waals surface area contributed by atoms with Crippen molar-refractivity contribution in [1.29, 1.82) is 0 Å². The van der Waals surface area contributed by atoms with Crippen LogP contribution < -0.4 is 4.74 Å². The Morgan fingerprint density at radius 3 is 2.55 bits per heavy atom. The summed E-state index contributed by atoms with van der Waals surface area (Å²) in [6.07, 6.45) is 10.8. The molecule has 2 aliphatic rings. The normalized spacial score (nSPS) is 20.1. The summed E-state index contributed by atoms with van der Waals surface area (Å²) in [7, 11) is 0. The van der Waals surface area contributed by atoms with E-state index < -0.39 is 0 Å². The van der Waals surface area contributed by atoms with Crippen molar-refractivity contribution >= 4 is 34.4 Å². The molecule has 1 heterocycles. The Hall–Kier alpha value is -1.11. The Balaban J connectivity index is 2.01. The van der Waals surface area contributed by atoms with Crippen LogP contribution >= 0.6 is 22.6 Å². The van der Waals surface area contributed by atoms with Crippen LogP contribution in [0.1, 0.15) is 44.1 Å². The van der Waals surface area contributed by atoms with Gasteiger partial charge in [-0.15, -0.1) is 0 Å². The molecular weight excluding hydrogens is 369 g/mol. The molecule has 1 aliphatic heterocycles. The maximum atomic E-state index is 11.2. The number of hydrogen-bond acceptors (Lipinski definition) is 3. The lowest BCUT2D eigenvalue weighted by molar-refractivity contribution is -0.386. The van der Waals surface area contributed by atoms with Gasteiger partial charge in [-0.3, -0.25) is 10.1 Å². The summed E-state index contributed by atoms with van der Waals surface area (Å²) in [5, 5.41) is 11.2. The van der Waals surface area contributed by atoms with E-state index in [-0.39, 0.29) is 16.2 Å². The van der Waals surface area contributed by atoms with E-state index in [0.717, 1.165) is 25.7 Å². The Morgan fingerprint density at radius 1 is 1.20 bits per heavy atom. The molecule has 3 rings (SSSR count). The molecule has 0 N–H and O–H groups in total. The number of halogens is 1. The van der Waals surface area contributed by atoms with Gasteiger partial charge in [-0.1, -0.05) is 12.8 Å². The van der Waals surface area contributed by atoms with Crippen molar-refractivity contribution in [2.75, 3.05) is 0 Å². The molecule has 106 valence electrons.